The predicted molar refractivity (Wildman–Crippen MR) is 78.8 cm³/mol. The van der Waals surface area contributed by atoms with E-state index in [4.69, 9.17) is 5.26 Å². The lowest BCUT2D eigenvalue weighted by Crippen LogP contribution is -2.44. The van der Waals surface area contributed by atoms with Crippen molar-refractivity contribution in [2.24, 2.45) is 13.0 Å². The summed E-state index contributed by atoms with van der Waals surface area (Å²) in [6, 6.07) is 7.15. The number of nitriles is 1. The Morgan fingerprint density at radius 3 is 2.81 bits per heavy atom. The Morgan fingerprint density at radius 2 is 2.24 bits per heavy atom. The van der Waals surface area contributed by atoms with Gasteiger partial charge in [0, 0.05) is 17.9 Å². The van der Waals surface area contributed by atoms with E-state index in [1.165, 1.54) is 6.07 Å². The molecule has 1 aromatic carbocycles. The molecule has 2 aromatic rings. The van der Waals surface area contributed by atoms with Crippen LogP contribution in [-0.2, 0) is 12.5 Å². The zero-order valence-electron chi connectivity index (χ0n) is 11.6. The molecule has 1 aliphatic carbocycles. The second-order valence-electron chi connectivity index (χ2n) is 5.64. The van der Waals surface area contributed by atoms with Crippen molar-refractivity contribution < 1.29 is 4.39 Å². The molecule has 1 fully saturated rings. The van der Waals surface area contributed by atoms with Gasteiger partial charge in [-0.2, -0.15) is 5.26 Å². The smallest absolute Gasteiger partial charge is 0.143 e. The summed E-state index contributed by atoms with van der Waals surface area (Å²) in [4.78, 5) is 0. The Morgan fingerprint density at radius 1 is 1.48 bits per heavy atom. The van der Waals surface area contributed by atoms with Crippen molar-refractivity contribution in [3.8, 4) is 6.07 Å². The first-order valence-electron chi connectivity index (χ1n) is 6.73. The van der Waals surface area contributed by atoms with Gasteiger partial charge < -0.3 is 4.57 Å². The molecule has 0 aliphatic heterocycles. The summed E-state index contributed by atoms with van der Waals surface area (Å²) in [7, 11) is 1.89. The van der Waals surface area contributed by atoms with Crippen molar-refractivity contribution in [1.82, 2.24) is 14.8 Å². The number of nitrogens with zero attached hydrogens (tertiary/aromatic N) is 4. The van der Waals surface area contributed by atoms with E-state index < -0.39 is 0 Å². The molecule has 0 bridgehead atoms. The molecule has 0 N–H and O–H groups in total. The third-order valence-corrected chi connectivity index (χ3v) is 4.67. The van der Waals surface area contributed by atoms with Crippen molar-refractivity contribution in [3.63, 3.8) is 0 Å². The van der Waals surface area contributed by atoms with Gasteiger partial charge in [0.05, 0.1) is 11.5 Å². The van der Waals surface area contributed by atoms with Crippen LogP contribution >= 0.6 is 15.9 Å². The van der Waals surface area contributed by atoms with Gasteiger partial charge in [-0.15, -0.1) is 10.2 Å². The van der Waals surface area contributed by atoms with E-state index in [1.54, 1.807) is 12.4 Å². The normalized spacial score (nSPS) is 24.4. The molecule has 21 heavy (non-hydrogen) atoms. The Hall–Kier alpha value is -1.74. The van der Waals surface area contributed by atoms with Gasteiger partial charge in [0.15, 0.2) is 0 Å². The van der Waals surface area contributed by atoms with Gasteiger partial charge in [0.2, 0.25) is 0 Å². The highest BCUT2D eigenvalue weighted by Crippen LogP contribution is 2.53. The summed E-state index contributed by atoms with van der Waals surface area (Å²) < 4.78 is 16.4. The van der Waals surface area contributed by atoms with Crippen LogP contribution in [0.3, 0.4) is 0 Å². The van der Waals surface area contributed by atoms with E-state index in [1.807, 2.05) is 17.7 Å². The van der Waals surface area contributed by atoms with Gasteiger partial charge in [0.25, 0.3) is 0 Å². The van der Waals surface area contributed by atoms with E-state index >= 15 is 0 Å². The van der Waals surface area contributed by atoms with Crippen molar-refractivity contribution >= 4 is 15.9 Å². The molecule has 3 rings (SSSR count). The van der Waals surface area contributed by atoms with Crippen LogP contribution in [0.1, 0.15) is 30.7 Å². The van der Waals surface area contributed by atoms with E-state index in [2.05, 4.69) is 32.2 Å². The fraction of sp³-hybridized carbons (Fsp3) is 0.400. The van der Waals surface area contributed by atoms with Crippen molar-refractivity contribution in [1.29, 1.82) is 5.26 Å². The van der Waals surface area contributed by atoms with Gasteiger partial charge in [-0.05, 0) is 42.5 Å². The van der Waals surface area contributed by atoms with Gasteiger partial charge in [-0.1, -0.05) is 15.9 Å². The molecule has 0 saturated heterocycles. The van der Waals surface area contributed by atoms with Crippen LogP contribution in [0.4, 0.5) is 4.39 Å². The molecule has 1 aromatic heterocycles. The first-order valence-corrected chi connectivity index (χ1v) is 7.52. The fourth-order valence-corrected chi connectivity index (χ4v) is 3.76. The second-order valence-corrected chi connectivity index (χ2v) is 6.56. The molecule has 0 amide bonds. The zero-order chi connectivity index (χ0) is 15.0. The molecule has 0 atom stereocenters. The minimum atomic E-state index is -0.350. The van der Waals surface area contributed by atoms with Crippen LogP contribution in [-0.4, -0.2) is 14.8 Å². The molecular weight excluding hydrogens is 335 g/mol. The van der Waals surface area contributed by atoms with E-state index in [9.17, 15) is 4.39 Å². The number of aromatic nitrogens is 3. The Balaban J connectivity index is 2.06. The number of aryl methyl sites for hydroxylation is 1. The average molecular weight is 349 g/mol. The highest BCUT2D eigenvalue weighted by molar-refractivity contribution is 9.10. The maximum absolute atomic E-state index is 13.8. The molecule has 1 heterocycles. The Bertz CT molecular complexity index is 692. The lowest BCUT2D eigenvalue weighted by Gasteiger charge is -2.46. The van der Waals surface area contributed by atoms with Crippen molar-refractivity contribution in [3.05, 3.63) is 46.2 Å². The summed E-state index contributed by atoms with van der Waals surface area (Å²) in [5, 5.41) is 17.1. The molecule has 1 aliphatic rings. The topological polar surface area (TPSA) is 54.5 Å². The van der Waals surface area contributed by atoms with E-state index in [0.717, 1.165) is 24.2 Å². The summed E-state index contributed by atoms with van der Waals surface area (Å²) in [5.41, 5.74) is 0.539. The monoisotopic (exact) mass is 348 g/mol. The van der Waals surface area contributed by atoms with Gasteiger partial charge in [-0.3, -0.25) is 0 Å². The third-order valence-electron chi connectivity index (χ3n) is 4.21. The Labute approximate surface area is 130 Å². The quantitative estimate of drug-likeness (QED) is 0.854. The minimum absolute atomic E-state index is 0.273. The molecule has 0 unspecified atom stereocenters. The Kier molecular flexibility index (Phi) is 3.54. The largest absolute Gasteiger partial charge is 0.320 e. The fourth-order valence-electron chi connectivity index (χ4n) is 3.29. The standard InChI is InChI=1S/C15H14BrFN4/c1-21-9-19-20-14(21)15(7-10(8-15)2-3-18)11-4-12(16)6-13(17)5-11/h4-6,9-10H,2,7-8H2,1H3. The van der Waals surface area contributed by atoms with Gasteiger partial charge in [-0.25, -0.2) is 4.39 Å². The van der Waals surface area contributed by atoms with Crippen molar-refractivity contribution in [2.45, 2.75) is 24.7 Å². The number of hydrogen-bond donors (Lipinski definition) is 0. The predicted octanol–water partition coefficient (Wildman–Crippen LogP) is 3.33. The molecular formula is C15H14BrFN4. The van der Waals surface area contributed by atoms with Crippen LogP contribution < -0.4 is 0 Å². The lowest BCUT2D eigenvalue weighted by atomic mass is 9.57. The maximum Gasteiger partial charge on any atom is 0.143 e. The van der Waals surface area contributed by atoms with Gasteiger partial charge >= 0.3 is 0 Å². The number of rotatable bonds is 3. The number of benzene rings is 1. The highest BCUT2D eigenvalue weighted by atomic mass is 79.9. The third kappa shape index (κ3) is 2.36. The molecule has 1 saturated carbocycles. The molecule has 0 radical (unpaired) electrons. The van der Waals surface area contributed by atoms with Crippen LogP contribution in [0, 0.1) is 23.1 Å². The summed E-state index contributed by atoms with van der Waals surface area (Å²) in [6.45, 7) is 0. The summed E-state index contributed by atoms with van der Waals surface area (Å²) in [5.74, 6) is 0.882. The van der Waals surface area contributed by atoms with Crippen molar-refractivity contribution in [2.75, 3.05) is 0 Å². The molecule has 108 valence electrons. The molecule has 6 heteroatoms. The second kappa shape index (κ2) is 5.23. The summed E-state index contributed by atoms with van der Waals surface area (Å²) >= 11 is 3.35. The molecule has 4 nitrogen and oxygen atoms in total. The number of halogens is 2. The minimum Gasteiger partial charge on any atom is -0.320 e. The molecule has 0 spiro atoms. The lowest BCUT2D eigenvalue weighted by molar-refractivity contribution is 0.171. The van der Waals surface area contributed by atoms with E-state index in [-0.39, 0.29) is 11.2 Å². The SMILES string of the molecule is Cn1cnnc1C1(c2cc(F)cc(Br)c2)CC(CC#N)C1. The average Bonchev–Trinajstić information content (AvgIpc) is 2.78. The van der Waals surface area contributed by atoms with Crippen LogP contribution in [0.15, 0.2) is 29.0 Å². The maximum atomic E-state index is 13.8. The number of hydrogen-bond acceptors (Lipinski definition) is 3. The van der Waals surface area contributed by atoms with Crippen LogP contribution in [0.2, 0.25) is 0 Å². The zero-order valence-corrected chi connectivity index (χ0v) is 13.1. The van der Waals surface area contributed by atoms with Crippen LogP contribution in [0.5, 0.6) is 0 Å². The first-order chi connectivity index (χ1) is 10.0. The first kappa shape index (κ1) is 14.2. The van der Waals surface area contributed by atoms with E-state index in [0.29, 0.717) is 16.8 Å². The van der Waals surface area contributed by atoms with Crippen LogP contribution in [0.25, 0.3) is 0 Å². The highest BCUT2D eigenvalue weighted by Gasteiger charge is 2.49. The van der Waals surface area contributed by atoms with Gasteiger partial charge in [0.1, 0.15) is 18.0 Å². The summed E-state index contributed by atoms with van der Waals surface area (Å²) in [6.07, 6.45) is 3.77.